The maximum absolute atomic E-state index is 4.34. The summed E-state index contributed by atoms with van der Waals surface area (Å²) in [4.78, 5) is 12.8. The monoisotopic (exact) mass is 275 g/mol. The van der Waals surface area contributed by atoms with E-state index >= 15 is 0 Å². The minimum absolute atomic E-state index is 0.556. The Hall–Kier alpha value is -2.18. The van der Waals surface area contributed by atoms with E-state index in [1.807, 2.05) is 7.05 Å². The summed E-state index contributed by atoms with van der Waals surface area (Å²) in [7, 11) is 1.85. The van der Waals surface area contributed by atoms with Crippen molar-refractivity contribution in [3.05, 3.63) is 24.0 Å². The molecule has 7 nitrogen and oxygen atoms in total. The van der Waals surface area contributed by atoms with E-state index in [9.17, 15) is 0 Å². The summed E-state index contributed by atoms with van der Waals surface area (Å²) in [5.74, 6) is 2.50. The molecule has 0 aliphatic rings. The smallest absolute Gasteiger partial charge is 0.169 e. The van der Waals surface area contributed by atoms with Gasteiger partial charge in [-0.2, -0.15) is 5.10 Å². The fourth-order valence-corrected chi connectivity index (χ4v) is 2.00. The van der Waals surface area contributed by atoms with Crippen molar-refractivity contribution in [1.29, 1.82) is 0 Å². The van der Waals surface area contributed by atoms with E-state index in [0.29, 0.717) is 6.54 Å². The largest absolute Gasteiger partial charge is 0.370 e. The average Bonchev–Trinajstić information content (AvgIpc) is 2.85. The van der Waals surface area contributed by atoms with Crippen LogP contribution in [-0.4, -0.2) is 31.3 Å². The molecular weight excluding hydrogens is 254 g/mol. The van der Waals surface area contributed by atoms with Gasteiger partial charge in [0.05, 0.1) is 6.54 Å². The van der Waals surface area contributed by atoms with Crippen molar-refractivity contribution in [2.45, 2.75) is 33.2 Å². The molecule has 2 N–H and O–H groups in total. The highest BCUT2D eigenvalue weighted by Gasteiger charge is 2.10. The molecule has 7 heteroatoms. The molecule has 0 unspecified atom stereocenters. The second-order valence-electron chi connectivity index (χ2n) is 4.52. The summed E-state index contributed by atoms with van der Waals surface area (Å²) < 4.78 is 1.69. The Kier molecular flexibility index (Phi) is 4.86. The van der Waals surface area contributed by atoms with E-state index in [4.69, 9.17) is 0 Å². The van der Waals surface area contributed by atoms with Gasteiger partial charge in [0.15, 0.2) is 5.82 Å². The highest BCUT2D eigenvalue weighted by Crippen LogP contribution is 2.21. The van der Waals surface area contributed by atoms with Crippen LogP contribution in [0.25, 0.3) is 0 Å². The zero-order valence-electron chi connectivity index (χ0n) is 12.2. The number of anilines is 2. The van der Waals surface area contributed by atoms with Gasteiger partial charge in [-0.25, -0.2) is 15.0 Å². The Morgan fingerprint density at radius 2 is 1.85 bits per heavy atom. The van der Waals surface area contributed by atoms with E-state index in [-0.39, 0.29) is 0 Å². The second kappa shape index (κ2) is 6.83. The van der Waals surface area contributed by atoms with Crippen molar-refractivity contribution >= 4 is 11.6 Å². The Labute approximate surface area is 118 Å². The lowest BCUT2D eigenvalue weighted by Gasteiger charge is -2.13. The number of rotatable bonds is 7. The predicted molar refractivity (Wildman–Crippen MR) is 78.5 cm³/mol. The molecule has 0 amide bonds. The highest BCUT2D eigenvalue weighted by atomic mass is 15.3. The van der Waals surface area contributed by atoms with Crippen LogP contribution in [0.4, 0.5) is 11.6 Å². The SMILES string of the molecule is CCCc1c(NCC)ncnc1NCc1ncn(C)n1. The first kappa shape index (κ1) is 14.2. The summed E-state index contributed by atoms with van der Waals surface area (Å²) in [5, 5.41) is 10.8. The molecule has 0 spiro atoms. The molecule has 2 aromatic heterocycles. The van der Waals surface area contributed by atoms with Crippen molar-refractivity contribution in [1.82, 2.24) is 24.7 Å². The van der Waals surface area contributed by atoms with Crippen molar-refractivity contribution in [3.63, 3.8) is 0 Å². The highest BCUT2D eigenvalue weighted by molar-refractivity contribution is 5.57. The molecule has 0 saturated heterocycles. The molecule has 0 aliphatic heterocycles. The van der Waals surface area contributed by atoms with Crippen LogP contribution < -0.4 is 10.6 Å². The van der Waals surface area contributed by atoms with Gasteiger partial charge in [0.2, 0.25) is 0 Å². The molecule has 2 aromatic rings. The van der Waals surface area contributed by atoms with Crippen LogP contribution in [0.5, 0.6) is 0 Å². The fourth-order valence-electron chi connectivity index (χ4n) is 2.00. The average molecular weight is 275 g/mol. The number of aryl methyl sites for hydroxylation is 1. The summed E-state index contributed by atoms with van der Waals surface area (Å²) in [6.45, 7) is 5.60. The van der Waals surface area contributed by atoms with Crippen LogP contribution in [0.1, 0.15) is 31.7 Å². The van der Waals surface area contributed by atoms with Crippen molar-refractivity contribution < 1.29 is 0 Å². The third-order valence-electron chi connectivity index (χ3n) is 2.85. The van der Waals surface area contributed by atoms with Crippen LogP contribution in [-0.2, 0) is 20.0 Å². The number of nitrogens with one attached hydrogen (secondary N) is 2. The number of hydrogen-bond acceptors (Lipinski definition) is 6. The summed E-state index contributed by atoms with van der Waals surface area (Å²) in [6, 6.07) is 0. The van der Waals surface area contributed by atoms with E-state index in [0.717, 1.165) is 42.4 Å². The standard InChI is InChI=1S/C13H21N7/c1-4-6-10-12(14-5-2)16-8-17-13(10)15-7-11-18-9-20(3)19-11/h8-9H,4-7H2,1-3H3,(H2,14,15,16,17). The third kappa shape index (κ3) is 3.43. The first-order valence-corrected chi connectivity index (χ1v) is 6.90. The van der Waals surface area contributed by atoms with Gasteiger partial charge in [0, 0.05) is 19.2 Å². The van der Waals surface area contributed by atoms with Gasteiger partial charge in [-0.05, 0) is 13.3 Å². The maximum Gasteiger partial charge on any atom is 0.169 e. The van der Waals surface area contributed by atoms with Gasteiger partial charge in [0.25, 0.3) is 0 Å². The molecular formula is C13H21N7. The number of hydrogen-bond donors (Lipinski definition) is 2. The lowest BCUT2D eigenvalue weighted by Crippen LogP contribution is -2.11. The van der Waals surface area contributed by atoms with Gasteiger partial charge in [-0.3, -0.25) is 4.68 Å². The van der Waals surface area contributed by atoms with Gasteiger partial charge < -0.3 is 10.6 Å². The quantitative estimate of drug-likeness (QED) is 0.799. The molecule has 2 heterocycles. The van der Waals surface area contributed by atoms with Crippen LogP contribution in [0.2, 0.25) is 0 Å². The van der Waals surface area contributed by atoms with Crippen LogP contribution in [0.3, 0.4) is 0 Å². The van der Waals surface area contributed by atoms with Gasteiger partial charge in [0.1, 0.15) is 24.3 Å². The van der Waals surface area contributed by atoms with Crippen LogP contribution in [0.15, 0.2) is 12.7 Å². The van der Waals surface area contributed by atoms with Gasteiger partial charge in [-0.1, -0.05) is 13.3 Å². The molecule has 0 radical (unpaired) electrons. The van der Waals surface area contributed by atoms with Gasteiger partial charge >= 0.3 is 0 Å². The molecule has 0 saturated carbocycles. The molecule has 0 atom stereocenters. The minimum atomic E-state index is 0.556. The second-order valence-corrected chi connectivity index (χ2v) is 4.52. The topological polar surface area (TPSA) is 80.5 Å². The zero-order valence-corrected chi connectivity index (χ0v) is 12.2. The Morgan fingerprint density at radius 1 is 1.10 bits per heavy atom. The fraction of sp³-hybridized carbons (Fsp3) is 0.538. The van der Waals surface area contributed by atoms with E-state index in [1.165, 1.54) is 0 Å². The lowest BCUT2D eigenvalue weighted by molar-refractivity contribution is 0.746. The molecule has 0 aliphatic carbocycles. The first-order chi connectivity index (χ1) is 9.74. The summed E-state index contributed by atoms with van der Waals surface area (Å²) >= 11 is 0. The summed E-state index contributed by atoms with van der Waals surface area (Å²) in [6.07, 6.45) is 5.24. The molecule has 0 fully saturated rings. The predicted octanol–water partition coefficient (Wildman–Crippen LogP) is 1.60. The molecule has 20 heavy (non-hydrogen) atoms. The summed E-state index contributed by atoms with van der Waals surface area (Å²) in [5.41, 5.74) is 1.12. The minimum Gasteiger partial charge on any atom is -0.370 e. The van der Waals surface area contributed by atoms with Crippen molar-refractivity contribution in [3.8, 4) is 0 Å². The Morgan fingerprint density at radius 3 is 2.45 bits per heavy atom. The Bertz CT molecular complexity index is 549. The molecule has 108 valence electrons. The maximum atomic E-state index is 4.34. The zero-order chi connectivity index (χ0) is 14.4. The van der Waals surface area contributed by atoms with Crippen LogP contribution >= 0.6 is 0 Å². The molecule has 0 bridgehead atoms. The first-order valence-electron chi connectivity index (χ1n) is 6.90. The lowest BCUT2D eigenvalue weighted by atomic mass is 10.1. The molecule has 2 rings (SSSR count). The Balaban J connectivity index is 2.14. The number of nitrogens with zero attached hydrogens (tertiary/aromatic N) is 5. The normalized spacial score (nSPS) is 10.6. The van der Waals surface area contributed by atoms with Crippen molar-refractivity contribution in [2.75, 3.05) is 17.2 Å². The third-order valence-corrected chi connectivity index (χ3v) is 2.85. The van der Waals surface area contributed by atoms with Gasteiger partial charge in [-0.15, -0.1) is 0 Å². The molecule has 0 aromatic carbocycles. The van der Waals surface area contributed by atoms with E-state index in [2.05, 4.69) is 44.5 Å². The van der Waals surface area contributed by atoms with E-state index in [1.54, 1.807) is 17.3 Å². The van der Waals surface area contributed by atoms with Crippen LogP contribution in [0, 0.1) is 0 Å². The van der Waals surface area contributed by atoms with E-state index < -0.39 is 0 Å². The number of aromatic nitrogens is 5. The van der Waals surface area contributed by atoms with Crippen molar-refractivity contribution in [2.24, 2.45) is 7.05 Å².